The molecule has 2 heterocycles. The number of benzene rings is 1. The third kappa shape index (κ3) is 3.73. The molecule has 8 heteroatoms. The number of aliphatic hydroxyl groups is 1. The highest BCUT2D eigenvalue weighted by Crippen LogP contribution is 2.36. The Morgan fingerprint density at radius 2 is 1.93 bits per heavy atom. The normalized spacial score (nSPS) is 16.1. The summed E-state index contributed by atoms with van der Waals surface area (Å²) in [5.41, 5.74) is 0.651. The van der Waals surface area contributed by atoms with Crippen LogP contribution in [0.5, 0.6) is 0 Å². The summed E-state index contributed by atoms with van der Waals surface area (Å²) in [5, 5.41) is 11.4. The zero-order chi connectivity index (χ0) is 21.3. The van der Waals surface area contributed by atoms with Gasteiger partial charge in [0.25, 0.3) is 10.0 Å². The van der Waals surface area contributed by atoms with E-state index in [2.05, 4.69) is 4.98 Å². The van der Waals surface area contributed by atoms with Gasteiger partial charge in [0.15, 0.2) is 5.65 Å². The summed E-state index contributed by atoms with van der Waals surface area (Å²) in [6, 6.07) is 11.2. The molecule has 1 atom stereocenters. The third-order valence-electron chi connectivity index (χ3n) is 5.70. The third-order valence-corrected chi connectivity index (χ3v) is 7.43. The lowest BCUT2D eigenvalue weighted by Gasteiger charge is -2.18. The summed E-state index contributed by atoms with van der Waals surface area (Å²) in [6.07, 6.45) is 5.16. The molecule has 1 fully saturated rings. The van der Waals surface area contributed by atoms with E-state index >= 15 is 0 Å². The van der Waals surface area contributed by atoms with Gasteiger partial charge in [-0.2, -0.15) is 0 Å². The molecule has 1 aliphatic rings. The minimum atomic E-state index is -3.99. The van der Waals surface area contributed by atoms with Crippen molar-refractivity contribution in [2.24, 2.45) is 5.92 Å². The van der Waals surface area contributed by atoms with Crippen molar-refractivity contribution in [1.29, 1.82) is 0 Å². The van der Waals surface area contributed by atoms with Crippen molar-refractivity contribution in [2.45, 2.75) is 43.1 Å². The highest BCUT2D eigenvalue weighted by Gasteiger charge is 2.29. The maximum atomic E-state index is 13.5. The molecule has 30 heavy (non-hydrogen) atoms. The van der Waals surface area contributed by atoms with Crippen LogP contribution >= 0.6 is 0 Å². The van der Waals surface area contributed by atoms with Crippen molar-refractivity contribution in [3.63, 3.8) is 0 Å². The zero-order valence-electron chi connectivity index (χ0n) is 16.7. The molecule has 3 aromatic rings. The van der Waals surface area contributed by atoms with Crippen LogP contribution in [0.1, 0.15) is 54.3 Å². The highest BCUT2D eigenvalue weighted by atomic mass is 32.2. The fourth-order valence-electron chi connectivity index (χ4n) is 4.18. The number of rotatable bonds is 6. The summed E-state index contributed by atoms with van der Waals surface area (Å²) in [5.74, 6) is -0.194. The number of carbonyl (C=O) groups is 1. The minimum Gasteiger partial charge on any atom is -0.465 e. The molecule has 7 nitrogen and oxygen atoms in total. The number of nitrogens with zero attached hydrogens (tertiary/aromatic N) is 2. The van der Waals surface area contributed by atoms with E-state index < -0.39 is 22.1 Å². The van der Waals surface area contributed by atoms with Crippen molar-refractivity contribution in [2.75, 3.05) is 7.11 Å². The van der Waals surface area contributed by atoms with Crippen LogP contribution < -0.4 is 0 Å². The molecule has 0 saturated heterocycles. The van der Waals surface area contributed by atoms with Crippen LogP contribution in [0.3, 0.4) is 0 Å². The number of hydrogen-bond donors (Lipinski definition) is 1. The average Bonchev–Trinajstić information content (AvgIpc) is 3.41. The lowest BCUT2D eigenvalue weighted by atomic mass is 9.98. The number of methoxy groups -OCH3 is 1. The Balaban J connectivity index is 1.87. The predicted molar refractivity (Wildman–Crippen MR) is 112 cm³/mol. The van der Waals surface area contributed by atoms with Crippen molar-refractivity contribution >= 4 is 27.0 Å². The monoisotopic (exact) mass is 428 g/mol. The van der Waals surface area contributed by atoms with Crippen LogP contribution in [0, 0.1) is 5.92 Å². The smallest absolute Gasteiger partial charge is 0.339 e. The number of hydrogen-bond acceptors (Lipinski definition) is 6. The van der Waals surface area contributed by atoms with Gasteiger partial charge >= 0.3 is 5.97 Å². The Hall–Kier alpha value is -2.71. The molecule has 0 aliphatic heterocycles. The molecule has 4 rings (SSSR count). The number of fused-ring (bicyclic) bond motifs is 1. The summed E-state index contributed by atoms with van der Waals surface area (Å²) >= 11 is 0. The molecule has 1 saturated carbocycles. The number of aliphatic hydroxyl groups excluding tert-OH is 1. The average molecular weight is 429 g/mol. The van der Waals surface area contributed by atoms with Crippen LogP contribution in [-0.2, 0) is 14.8 Å². The molecule has 0 radical (unpaired) electrons. The van der Waals surface area contributed by atoms with Crippen LogP contribution in [0.2, 0.25) is 0 Å². The maximum absolute atomic E-state index is 13.5. The van der Waals surface area contributed by atoms with Crippen LogP contribution in [0.4, 0.5) is 0 Å². The molecule has 0 amide bonds. The van der Waals surface area contributed by atoms with E-state index in [0.29, 0.717) is 17.7 Å². The van der Waals surface area contributed by atoms with E-state index in [-0.39, 0.29) is 21.8 Å². The molecule has 1 aliphatic carbocycles. The molecule has 1 unspecified atom stereocenters. The second-order valence-corrected chi connectivity index (χ2v) is 9.47. The van der Waals surface area contributed by atoms with Gasteiger partial charge in [-0.1, -0.05) is 43.9 Å². The molecule has 0 spiro atoms. The first-order valence-corrected chi connectivity index (χ1v) is 11.4. The molecular weight excluding hydrogens is 404 g/mol. The van der Waals surface area contributed by atoms with Gasteiger partial charge in [-0.3, -0.25) is 0 Å². The molecule has 1 N–H and O–H groups in total. The number of aromatic nitrogens is 2. The lowest BCUT2D eigenvalue weighted by Crippen LogP contribution is -2.19. The largest absolute Gasteiger partial charge is 0.465 e. The van der Waals surface area contributed by atoms with E-state index in [1.165, 1.54) is 31.5 Å². The summed E-state index contributed by atoms with van der Waals surface area (Å²) in [6.45, 7) is 0. The number of esters is 1. The molecule has 158 valence electrons. The number of ether oxygens (including phenoxy) is 1. The first-order chi connectivity index (χ1) is 14.4. The van der Waals surface area contributed by atoms with E-state index in [1.54, 1.807) is 24.3 Å². The van der Waals surface area contributed by atoms with E-state index in [1.807, 2.05) is 0 Å². The topological polar surface area (TPSA) is 98.5 Å². The van der Waals surface area contributed by atoms with Crippen molar-refractivity contribution in [3.05, 3.63) is 59.9 Å². The van der Waals surface area contributed by atoms with E-state index in [0.717, 1.165) is 29.7 Å². The van der Waals surface area contributed by atoms with Crippen LogP contribution in [-0.4, -0.2) is 35.6 Å². The number of pyridine rings is 1. The zero-order valence-corrected chi connectivity index (χ0v) is 17.5. The van der Waals surface area contributed by atoms with Gasteiger partial charge in [-0.15, -0.1) is 0 Å². The standard InChI is InChI=1S/C22H24N2O5S/c1-29-22(26)17-12-16-13-19(20(25)11-15-7-5-6-8-15)24(21(16)23-14-17)30(27,28)18-9-3-2-4-10-18/h2-4,9-10,12-15,20,25H,5-8,11H2,1H3. The fraction of sp³-hybridized carbons (Fsp3) is 0.364. The Bertz CT molecular complexity index is 1160. The van der Waals surface area contributed by atoms with Gasteiger partial charge in [0.1, 0.15) is 0 Å². The van der Waals surface area contributed by atoms with Crippen molar-refractivity contribution in [1.82, 2.24) is 8.96 Å². The quantitative estimate of drug-likeness (QED) is 0.602. The molecule has 1 aromatic carbocycles. The first-order valence-electron chi connectivity index (χ1n) is 10.00. The van der Waals surface area contributed by atoms with Gasteiger partial charge in [0.05, 0.1) is 29.4 Å². The highest BCUT2D eigenvalue weighted by molar-refractivity contribution is 7.90. The van der Waals surface area contributed by atoms with Gasteiger partial charge in [0.2, 0.25) is 0 Å². The van der Waals surface area contributed by atoms with Gasteiger partial charge < -0.3 is 9.84 Å². The van der Waals surface area contributed by atoms with E-state index in [4.69, 9.17) is 4.74 Å². The molecule has 0 bridgehead atoms. The molecule has 2 aromatic heterocycles. The summed E-state index contributed by atoms with van der Waals surface area (Å²) in [7, 11) is -2.72. The predicted octanol–water partition coefficient (Wildman–Crippen LogP) is 3.67. The fourth-order valence-corrected chi connectivity index (χ4v) is 5.73. The Kier molecular flexibility index (Phi) is 5.62. The van der Waals surface area contributed by atoms with E-state index in [9.17, 15) is 18.3 Å². The van der Waals surface area contributed by atoms with Crippen LogP contribution in [0.15, 0.2) is 53.6 Å². The van der Waals surface area contributed by atoms with Gasteiger partial charge in [0, 0.05) is 11.6 Å². The summed E-state index contributed by atoms with van der Waals surface area (Å²) in [4.78, 5) is 16.3. The van der Waals surface area contributed by atoms with Gasteiger partial charge in [-0.25, -0.2) is 22.2 Å². The summed E-state index contributed by atoms with van der Waals surface area (Å²) < 4.78 is 32.8. The number of carbonyl (C=O) groups excluding carboxylic acids is 1. The van der Waals surface area contributed by atoms with Crippen molar-refractivity contribution < 1.29 is 23.1 Å². The first kappa shape index (κ1) is 20.6. The Morgan fingerprint density at radius 1 is 1.23 bits per heavy atom. The van der Waals surface area contributed by atoms with Gasteiger partial charge in [-0.05, 0) is 36.6 Å². The molecular formula is C22H24N2O5S. The second kappa shape index (κ2) is 8.20. The maximum Gasteiger partial charge on any atom is 0.339 e. The minimum absolute atomic E-state index is 0.107. The SMILES string of the molecule is COC(=O)c1cnc2c(c1)cc(C(O)CC1CCCC1)n2S(=O)(=O)c1ccccc1. The Morgan fingerprint density at radius 3 is 2.60 bits per heavy atom. The lowest BCUT2D eigenvalue weighted by molar-refractivity contribution is 0.0600. The van der Waals surface area contributed by atoms with Crippen molar-refractivity contribution in [3.8, 4) is 0 Å². The van der Waals surface area contributed by atoms with Crippen LogP contribution in [0.25, 0.3) is 11.0 Å². The Labute approximate surface area is 175 Å². The second-order valence-electron chi connectivity index (χ2n) is 7.68.